The predicted molar refractivity (Wildman–Crippen MR) is 68.0 cm³/mol. The maximum absolute atomic E-state index is 13.5. The normalized spacial score (nSPS) is 22.6. The summed E-state index contributed by atoms with van der Waals surface area (Å²) in [7, 11) is 0. The Labute approximate surface area is 107 Å². The molecule has 1 unspecified atom stereocenters. The van der Waals surface area contributed by atoms with Gasteiger partial charge in [0, 0.05) is 18.8 Å². The van der Waals surface area contributed by atoms with Crippen molar-refractivity contribution in [3.05, 3.63) is 29.6 Å². The number of benzene rings is 1. The van der Waals surface area contributed by atoms with Gasteiger partial charge in [-0.15, -0.1) is 0 Å². The topological polar surface area (TPSA) is 36.3 Å². The standard InChI is InChI=1S/C14H17FN2O/c1-10-8-17(9-14(2,3)18-10)13-5-11(7-16)4-12(15)6-13/h4-6,10H,8-9H2,1-3H3. The van der Waals surface area contributed by atoms with E-state index in [4.69, 9.17) is 10.00 Å². The maximum Gasteiger partial charge on any atom is 0.126 e. The molecule has 0 radical (unpaired) electrons. The van der Waals surface area contributed by atoms with E-state index in [-0.39, 0.29) is 17.5 Å². The van der Waals surface area contributed by atoms with Crippen molar-refractivity contribution in [1.29, 1.82) is 5.26 Å². The summed E-state index contributed by atoms with van der Waals surface area (Å²) in [5.74, 6) is -0.374. The number of nitrogens with zero attached hydrogens (tertiary/aromatic N) is 2. The Kier molecular flexibility index (Phi) is 3.27. The number of morpholine rings is 1. The van der Waals surface area contributed by atoms with Crippen LogP contribution in [-0.2, 0) is 4.74 Å². The SMILES string of the molecule is CC1CN(c2cc(F)cc(C#N)c2)CC(C)(C)O1. The number of hydrogen-bond acceptors (Lipinski definition) is 3. The number of ether oxygens (including phenoxy) is 1. The molecule has 1 heterocycles. The third kappa shape index (κ3) is 2.80. The molecular formula is C14H17FN2O. The minimum Gasteiger partial charge on any atom is -0.369 e. The minimum absolute atomic E-state index is 0.0857. The number of nitriles is 1. The van der Waals surface area contributed by atoms with Crippen LogP contribution in [0.1, 0.15) is 26.3 Å². The monoisotopic (exact) mass is 248 g/mol. The van der Waals surface area contributed by atoms with Crippen molar-refractivity contribution in [1.82, 2.24) is 0 Å². The fraction of sp³-hybridized carbons (Fsp3) is 0.500. The van der Waals surface area contributed by atoms with Crippen molar-refractivity contribution < 1.29 is 9.13 Å². The zero-order valence-electron chi connectivity index (χ0n) is 10.9. The van der Waals surface area contributed by atoms with E-state index in [0.29, 0.717) is 18.7 Å². The second-order valence-corrected chi connectivity index (χ2v) is 5.38. The van der Waals surface area contributed by atoms with Crippen LogP contribution in [0.2, 0.25) is 0 Å². The van der Waals surface area contributed by atoms with Gasteiger partial charge in [0.25, 0.3) is 0 Å². The van der Waals surface area contributed by atoms with Crippen molar-refractivity contribution in [2.24, 2.45) is 0 Å². The zero-order valence-corrected chi connectivity index (χ0v) is 10.9. The van der Waals surface area contributed by atoms with Crippen LogP contribution in [0.3, 0.4) is 0 Å². The Bertz CT molecular complexity index is 493. The van der Waals surface area contributed by atoms with Crippen LogP contribution in [-0.4, -0.2) is 24.8 Å². The van der Waals surface area contributed by atoms with Crippen LogP contribution in [0.25, 0.3) is 0 Å². The van der Waals surface area contributed by atoms with Gasteiger partial charge < -0.3 is 9.64 Å². The van der Waals surface area contributed by atoms with E-state index in [2.05, 4.69) is 4.90 Å². The maximum atomic E-state index is 13.5. The lowest BCUT2D eigenvalue weighted by atomic mass is 10.0. The first-order chi connectivity index (χ1) is 8.39. The van der Waals surface area contributed by atoms with Crippen molar-refractivity contribution in [2.75, 3.05) is 18.0 Å². The predicted octanol–water partition coefficient (Wildman–Crippen LogP) is 2.70. The van der Waals surface area contributed by atoms with Crippen LogP contribution in [0, 0.1) is 17.1 Å². The third-order valence-corrected chi connectivity index (χ3v) is 2.95. The van der Waals surface area contributed by atoms with Gasteiger partial charge in [-0.05, 0) is 39.0 Å². The van der Waals surface area contributed by atoms with E-state index < -0.39 is 0 Å². The highest BCUT2D eigenvalue weighted by atomic mass is 19.1. The van der Waals surface area contributed by atoms with E-state index in [1.807, 2.05) is 26.8 Å². The lowest BCUT2D eigenvalue weighted by Crippen LogP contribution is -2.52. The first-order valence-corrected chi connectivity index (χ1v) is 6.03. The van der Waals surface area contributed by atoms with Crippen LogP contribution in [0.15, 0.2) is 18.2 Å². The summed E-state index contributed by atoms with van der Waals surface area (Å²) in [5, 5.41) is 8.88. The molecule has 0 aromatic heterocycles. The van der Waals surface area contributed by atoms with Gasteiger partial charge in [0.15, 0.2) is 0 Å². The lowest BCUT2D eigenvalue weighted by Gasteiger charge is -2.43. The van der Waals surface area contributed by atoms with Crippen LogP contribution < -0.4 is 4.90 Å². The van der Waals surface area contributed by atoms with Crippen LogP contribution in [0.5, 0.6) is 0 Å². The van der Waals surface area contributed by atoms with Crippen LogP contribution in [0.4, 0.5) is 10.1 Å². The number of halogens is 1. The molecule has 1 aromatic rings. The van der Waals surface area contributed by atoms with E-state index >= 15 is 0 Å². The quantitative estimate of drug-likeness (QED) is 0.766. The third-order valence-electron chi connectivity index (χ3n) is 2.95. The largest absolute Gasteiger partial charge is 0.369 e. The van der Waals surface area contributed by atoms with E-state index in [0.717, 1.165) is 5.69 Å². The molecule has 3 nitrogen and oxygen atoms in total. The second kappa shape index (κ2) is 4.58. The highest BCUT2D eigenvalue weighted by Gasteiger charge is 2.31. The number of rotatable bonds is 1. The fourth-order valence-electron chi connectivity index (χ4n) is 2.47. The molecule has 96 valence electrons. The van der Waals surface area contributed by atoms with Crippen LogP contribution >= 0.6 is 0 Å². The number of anilines is 1. The second-order valence-electron chi connectivity index (χ2n) is 5.38. The molecule has 2 rings (SSSR count). The highest BCUT2D eigenvalue weighted by molar-refractivity contribution is 5.52. The molecule has 0 aliphatic carbocycles. The summed E-state index contributed by atoms with van der Waals surface area (Å²) in [6.45, 7) is 7.42. The Morgan fingerprint density at radius 1 is 1.44 bits per heavy atom. The van der Waals surface area contributed by atoms with E-state index in [9.17, 15) is 4.39 Å². The molecule has 4 heteroatoms. The summed E-state index contributed by atoms with van der Waals surface area (Å²) in [6, 6.07) is 6.42. The fourth-order valence-corrected chi connectivity index (χ4v) is 2.47. The molecule has 18 heavy (non-hydrogen) atoms. The highest BCUT2D eigenvalue weighted by Crippen LogP contribution is 2.27. The molecule has 0 saturated carbocycles. The minimum atomic E-state index is -0.374. The molecule has 1 atom stereocenters. The Balaban J connectivity index is 2.31. The summed E-state index contributed by atoms with van der Waals surface area (Å²) in [4.78, 5) is 2.07. The van der Waals surface area contributed by atoms with E-state index in [1.54, 1.807) is 6.07 Å². The summed E-state index contributed by atoms with van der Waals surface area (Å²) in [6.07, 6.45) is 0.0857. The molecule has 1 aliphatic heterocycles. The van der Waals surface area contributed by atoms with Gasteiger partial charge >= 0.3 is 0 Å². The summed E-state index contributed by atoms with van der Waals surface area (Å²) >= 11 is 0. The first-order valence-electron chi connectivity index (χ1n) is 6.03. The Hall–Kier alpha value is -1.60. The smallest absolute Gasteiger partial charge is 0.126 e. The zero-order chi connectivity index (χ0) is 13.3. The van der Waals surface area contributed by atoms with Crippen molar-refractivity contribution in [3.8, 4) is 6.07 Å². The first kappa shape index (κ1) is 12.8. The lowest BCUT2D eigenvalue weighted by molar-refractivity contribution is -0.0749. The molecule has 0 N–H and O–H groups in total. The van der Waals surface area contributed by atoms with Gasteiger partial charge in [-0.2, -0.15) is 5.26 Å². The molecule has 0 spiro atoms. The van der Waals surface area contributed by atoms with Gasteiger partial charge in [0.2, 0.25) is 0 Å². The molecule has 1 aromatic carbocycles. The van der Waals surface area contributed by atoms with Gasteiger partial charge in [0.1, 0.15) is 5.82 Å². The molecule has 1 fully saturated rings. The Morgan fingerprint density at radius 3 is 2.78 bits per heavy atom. The molecule has 0 amide bonds. The summed E-state index contributed by atoms with van der Waals surface area (Å²) < 4.78 is 19.3. The number of hydrogen-bond donors (Lipinski definition) is 0. The van der Waals surface area contributed by atoms with Crippen molar-refractivity contribution in [3.63, 3.8) is 0 Å². The molecule has 0 bridgehead atoms. The van der Waals surface area contributed by atoms with Crippen molar-refractivity contribution >= 4 is 5.69 Å². The average molecular weight is 248 g/mol. The van der Waals surface area contributed by atoms with Gasteiger partial charge in [-0.3, -0.25) is 0 Å². The van der Waals surface area contributed by atoms with Gasteiger partial charge in [-0.1, -0.05) is 0 Å². The Morgan fingerprint density at radius 2 is 2.17 bits per heavy atom. The molecule has 1 saturated heterocycles. The van der Waals surface area contributed by atoms with Crippen molar-refractivity contribution in [2.45, 2.75) is 32.5 Å². The average Bonchev–Trinajstić information content (AvgIpc) is 2.25. The van der Waals surface area contributed by atoms with Gasteiger partial charge in [0.05, 0.1) is 23.3 Å². The molecular weight excluding hydrogens is 231 g/mol. The van der Waals surface area contributed by atoms with Gasteiger partial charge in [-0.25, -0.2) is 4.39 Å². The molecule has 1 aliphatic rings. The summed E-state index contributed by atoms with van der Waals surface area (Å²) in [5.41, 5.74) is 0.827. The van der Waals surface area contributed by atoms with E-state index in [1.165, 1.54) is 12.1 Å².